The molecular weight excluding hydrogens is 508 g/mol. The van der Waals surface area contributed by atoms with Crippen LogP contribution in [0.15, 0.2) is 29.8 Å². The number of hydrogen-bond acceptors (Lipinski definition) is 8. The molecule has 2 heterocycles. The number of thiazole rings is 1. The van der Waals surface area contributed by atoms with Gasteiger partial charge in [0.05, 0.1) is 34.8 Å². The van der Waals surface area contributed by atoms with Crippen LogP contribution < -0.4 is 10.6 Å². The van der Waals surface area contributed by atoms with E-state index in [0.717, 1.165) is 29.0 Å². The first-order valence-corrected chi connectivity index (χ1v) is 13.7. The van der Waals surface area contributed by atoms with Crippen molar-refractivity contribution in [1.82, 2.24) is 20.5 Å². The Morgan fingerprint density at radius 3 is 2.42 bits per heavy atom. The minimum Gasteiger partial charge on any atom is -0.444 e. The van der Waals surface area contributed by atoms with Gasteiger partial charge in [0.25, 0.3) is 0 Å². The van der Waals surface area contributed by atoms with Crippen LogP contribution in [0, 0.1) is 12.8 Å². The zero-order chi connectivity index (χ0) is 27.6. The molecule has 2 fully saturated rings. The molecule has 1 aromatic carbocycles. The highest BCUT2D eigenvalue weighted by Crippen LogP contribution is 2.35. The number of likely N-dealkylation sites (tertiary alicyclic amines) is 1. The van der Waals surface area contributed by atoms with E-state index in [1.54, 1.807) is 37.6 Å². The number of carbonyl (C=O) groups excluding carboxylic acids is 3. The summed E-state index contributed by atoms with van der Waals surface area (Å²) in [6.07, 6.45) is 0.0707. The summed E-state index contributed by atoms with van der Waals surface area (Å²) in [6.45, 7) is 6.81. The van der Waals surface area contributed by atoms with Crippen LogP contribution in [0.25, 0.3) is 10.4 Å². The molecule has 0 spiro atoms. The van der Waals surface area contributed by atoms with Crippen LogP contribution in [0.3, 0.4) is 0 Å². The Bertz CT molecular complexity index is 1160. The minimum absolute atomic E-state index is 0.0111. The summed E-state index contributed by atoms with van der Waals surface area (Å²) in [4.78, 5) is 45.9. The molecule has 4 atom stereocenters. The molecule has 3 amide bonds. The summed E-state index contributed by atoms with van der Waals surface area (Å²) in [5, 5.41) is 25.9. The summed E-state index contributed by atoms with van der Waals surface area (Å²) < 4.78 is 5.33. The number of aromatic nitrogens is 1. The maximum Gasteiger partial charge on any atom is 0.408 e. The average Bonchev–Trinajstić information content (AvgIpc) is 3.49. The van der Waals surface area contributed by atoms with Crippen LogP contribution in [0.1, 0.15) is 57.3 Å². The van der Waals surface area contributed by atoms with E-state index < -0.39 is 47.7 Å². The molecule has 206 valence electrons. The fourth-order valence-electron chi connectivity index (χ4n) is 4.68. The molecule has 4 N–H and O–H groups in total. The largest absolute Gasteiger partial charge is 0.444 e. The van der Waals surface area contributed by atoms with Gasteiger partial charge in [-0.1, -0.05) is 24.3 Å². The van der Waals surface area contributed by atoms with E-state index in [0.29, 0.717) is 5.56 Å². The second-order valence-electron chi connectivity index (χ2n) is 11.0. The maximum absolute atomic E-state index is 13.5. The molecule has 0 bridgehead atoms. The van der Waals surface area contributed by atoms with Gasteiger partial charge >= 0.3 is 6.09 Å². The van der Waals surface area contributed by atoms with Crippen molar-refractivity contribution in [2.24, 2.45) is 5.92 Å². The summed E-state index contributed by atoms with van der Waals surface area (Å²) in [5.41, 5.74) is 3.71. The van der Waals surface area contributed by atoms with Crippen LogP contribution in [0.2, 0.25) is 0 Å². The van der Waals surface area contributed by atoms with E-state index in [1.807, 2.05) is 31.2 Å². The smallest absolute Gasteiger partial charge is 0.408 e. The number of aryl methyl sites for hydroxylation is 1. The molecule has 2 aliphatic rings. The van der Waals surface area contributed by atoms with Gasteiger partial charge in [-0.15, -0.1) is 11.3 Å². The van der Waals surface area contributed by atoms with E-state index in [4.69, 9.17) is 4.74 Å². The summed E-state index contributed by atoms with van der Waals surface area (Å²) >= 11 is 1.54. The number of alkyl carbamates (subject to hydrolysis) is 1. The molecule has 11 heteroatoms. The second kappa shape index (κ2) is 11.4. The standard InChI is InChI=1S/C27H36N4O6S/c1-15-23(38-14-28-15)18-9-5-16(6-10-18)20(13-32)29-24(34)21-11-19(33)12-31(21)25(35)22(17-7-8-17)30-26(36)37-27(2,3)4/h5-6,9-10,14,17,19-22,32-33H,7-8,11-13H2,1-4H3,(H,29,34)(H,30,36)/t19-,20+,21+,22+/m1/s1. The number of β-amino-alcohol motifs (C(OH)–C–C–N with tert-alkyl or cyclic N) is 1. The van der Waals surface area contributed by atoms with Crippen molar-refractivity contribution < 1.29 is 29.3 Å². The first kappa shape index (κ1) is 28.0. The molecule has 2 aromatic rings. The van der Waals surface area contributed by atoms with Gasteiger partial charge in [0.2, 0.25) is 11.8 Å². The molecular formula is C27H36N4O6S. The van der Waals surface area contributed by atoms with Crippen LogP contribution in [0.5, 0.6) is 0 Å². The van der Waals surface area contributed by atoms with Crippen molar-refractivity contribution in [3.05, 3.63) is 41.0 Å². The third-order valence-electron chi connectivity index (χ3n) is 6.72. The lowest BCUT2D eigenvalue weighted by Crippen LogP contribution is -2.55. The van der Waals surface area contributed by atoms with Crippen molar-refractivity contribution in [2.75, 3.05) is 13.2 Å². The lowest BCUT2D eigenvalue weighted by atomic mass is 10.0. The number of nitrogens with zero attached hydrogens (tertiary/aromatic N) is 2. The van der Waals surface area contributed by atoms with Crippen molar-refractivity contribution >= 4 is 29.2 Å². The van der Waals surface area contributed by atoms with Gasteiger partial charge in [-0.05, 0) is 57.6 Å². The Morgan fingerprint density at radius 1 is 1.18 bits per heavy atom. The predicted molar refractivity (Wildman–Crippen MR) is 142 cm³/mol. The third-order valence-corrected chi connectivity index (χ3v) is 7.69. The number of nitrogens with one attached hydrogen (secondary N) is 2. The summed E-state index contributed by atoms with van der Waals surface area (Å²) in [7, 11) is 0. The number of benzene rings is 1. The zero-order valence-electron chi connectivity index (χ0n) is 22.1. The number of rotatable bonds is 8. The molecule has 1 aliphatic carbocycles. The van der Waals surface area contributed by atoms with Crippen molar-refractivity contribution in [2.45, 2.75) is 76.8 Å². The zero-order valence-corrected chi connectivity index (χ0v) is 23.0. The number of hydrogen-bond donors (Lipinski definition) is 4. The number of carbonyl (C=O) groups is 3. The molecule has 1 aliphatic heterocycles. The van der Waals surface area contributed by atoms with E-state index in [9.17, 15) is 24.6 Å². The van der Waals surface area contributed by atoms with Crippen molar-refractivity contribution in [3.63, 3.8) is 0 Å². The van der Waals surface area contributed by atoms with Crippen LogP contribution in [-0.4, -0.2) is 74.9 Å². The lowest BCUT2D eigenvalue weighted by molar-refractivity contribution is -0.140. The first-order valence-electron chi connectivity index (χ1n) is 12.9. The Labute approximate surface area is 226 Å². The van der Waals surface area contributed by atoms with E-state index in [-0.39, 0.29) is 25.5 Å². The quantitative estimate of drug-likeness (QED) is 0.400. The average molecular weight is 545 g/mol. The molecule has 1 aromatic heterocycles. The van der Waals surface area contributed by atoms with E-state index in [1.165, 1.54) is 4.90 Å². The highest BCUT2D eigenvalue weighted by atomic mass is 32.1. The number of aliphatic hydroxyl groups is 2. The van der Waals surface area contributed by atoms with Gasteiger partial charge in [0.1, 0.15) is 17.7 Å². The van der Waals surface area contributed by atoms with Gasteiger partial charge in [-0.3, -0.25) is 9.59 Å². The van der Waals surface area contributed by atoms with E-state index >= 15 is 0 Å². The third kappa shape index (κ3) is 6.69. The second-order valence-corrected chi connectivity index (χ2v) is 11.8. The fourth-order valence-corrected chi connectivity index (χ4v) is 5.49. The Morgan fingerprint density at radius 2 is 1.87 bits per heavy atom. The SMILES string of the molecule is Cc1ncsc1-c1ccc([C@H](CO)NC(=O)[C@@H]2C[C@@H](O)CN2C(=O)[C@@H](NC(=O)OC(C)(C)C)C2CC2)cc1. The van der Waals surface area contributed by atoms with Crippen molar-refractivity contribution in [3.8, 4) is 10.4 Å². The van der Waals surface area contributed by atoms with Gasteiger partial charge < -0.3 is 30.5 Å². The van der Waals surface area contributed by atoms with E-state index in [2.05, 4.69) is 15.6 Å². The van der Waals surface area contributed by atoms with Crippen LogP contribution >= 0.6 is 11.3 Å². The lowest BCUT2D eigenvalue weighted by Gasteiger charge is -2.30. The minimum atomic E-state index is -0.924. The van der Waals surface area contributed by atoms with Gasteiger partial charge in [-0.25, -0.2) is 9.78 Å². The molecule has 0 unspecified atom stereocenters. The van der Waals surface area contributed by atoms with Crippen LogP contribution in [0.4, 0.5) is 4.79 Å². The van der Waals surface area contributed by atoms with Gasteiger partial charge in [0.15, 0.2) is 0 Å². The van der Waals surface area contributed by atoms with Gasteiger partial charge in [-0.2, -0.15) is 0 Å². The molecule has 38 heavy (non-hydrogen) atoms. The topological polar surface area (TPSA) is 141 Å². The molecule has 10 nitrogen and oxygen atoms in total. The molecule has 1 saturated carbocycles. The fraction of sp³-hybridized carbons (Fsp3) is 0.556. The first-order chi connectivity index (χ1) is 18.0. The number of aliphatic hydroxyl groups excluding tert-OH is 2. The summed E-state index contributed by atoms with van der Waals surface area (Å²) in [5.74, 6) is -0.926. The predicted octanol–water partition coefficient (Wildman–Crippen LogP) is 2.53. The molecule has 0 radical (unpaired) electrons. The normalized spacial score (nSPS) is 21.1. The maximum atomic E-state index is 13.5. The Hall–Kier alpha value is -3.02. The monoisotopic (exact) mass is 544 g/mol. The molecule has 1 saturated heterocycles. The highest BCUT2D eigenvalue weighted by molar-refractivity contribution is 7.13. The van der Waals surface area contributed by atoms with Crippen LogP contribution in [-0.2, 0) is 14.3 Å². The Balaban J connectivity index is 1.45. The highest BCUT2D eigenvalue weighted by Gasteiger charge is 2.46. The number of ether oxygens (including phenoxy) is 1. The Kier molecular flexibility index (Phi) is 8.39. The summed E-state index contributed by atoms with van der Waals surface area (Å²) in [6, 6.07) is 5.08. The van der Waals surface area contributed by atoms with Crippen molar-refractivity contribution in [1.29, 1.82) is 0 Å². The molecule has 4 rings (SSSR count). The number of amides is 3. The van der Waals surface area contributed by atoms with Gasteiger partial charge in [0, 0.05) is 13.0 Å².